The van der Waals surface area contributed by atoms with Gasteiger partial charge in [0, 0.05) is 24.6 Å². The molecular weight excluding hydrogens is 230 g/mol. The third kappa shape index (κ3) is 5.36. The predicted octanol–water partition coefficient (Wildman–Crippen LogP) is 2.87. The number of hydrogen-bond acceptors (Lipinski definition) is 3. The van der Waals surface area contributed by atoms with Crippen LogP contribution in [0.5, 0.6) is 5.75 Å². The van der Waals surface area contributed by atoms with Crippen LogP contribution in [0.15, 0.2) is 17.1 Å². The number of methoxy groups -OCH3 is 1. The molecule has 0 amide bonds. The molecule has 1 aromatic heterocycles. The van der Waals surface area contributed by atoms with Gasteiger partial charge in [0.15, 0.2) is 5.75 Å². The normalized spacial score (nSPS) is 10.6. The Kier molecular flexibility index (Phi) is 7.18. The van der Waals surface area contributed by atoms with Gasteiger partial charge in [-0.25, -0.2) is 0 Å². The SMILES string of the molecule is CCCCCCCOCc1cc(=O)c(OC)c[nH]1. The third-order valence-electron chi connectivity index (χ3n) is 2.81. The monoisotopic (exact) mass is 253 g/mol. The zero-order chi connectivity index (χ0) is 13.2. The van der Waals surface area contributed by atoms with Crippen molar-refractivity contribution >= 4 is 0 Å². The van der Waals surface area contributed by atoms with Gasteiger partial charge >= 0.3 is 0 Å². The molecule has 0 aliphatic carbocycles. The summed E-state index contributed by atoms with van der Waals surface area (Å²) < 4.78 is 10.4. The van der Waals surface area contributed by atoms with Gasteiger partial charge in [0.2, 0.25) is 5.43 Å². The first kappa shape index (κ1) is 14.8. The summed E-state index contributed by atoms with van der Waals surface area (Å²) in [4.78, 5) is 14.5. The Morgan fingerprint density at radius 2 is 2.00 bits per heavy atom. The van der Waals surface area contributed by atoms with Crippen molar-refractivity contribution in [1.82, 2.24) is 4.98 Å². The van der Waals surface area contributed by atoms with E-state index in [1.807, 2.05) is 0 Å². The highest BCUT2D eigenvalue weighted by Gasteiger charge is 2.00. The molecule has 0 saturated heterocycles. The summed E-state index contributed by atoms with van der Waals surface area (Å²) >= 11 is 0. The van der Waals surface area contributed by atoms with Gasteiger partial charge in [0.1, 0.15) is 0 Å². The number of ether oxygens (including phenoxy) is 2. The molecule has 0 aromatic carbocycles. The van der Waals surface area contributed by atoms with Crippen LogP contribution >= 0.6 is 0 Å². The Morgan fingerprint density at radius 3 is 2.67 bits per heavy atom. The van der Waals surface area contributed by atoms with Crippen molar-refractivity contribution in [2.24, 2.45) is 0 Å². The maximum absolute atomic E-state index is 11.5. The van der Waals surface area contributed by atoms with Crippen molar-refractivity contribution in [1.29, 1.82) is 0 Å². The standard InChI is InChI=1S/C14H23NO3/c1-3-4-5-6-7-8-18-11-12-9-13(16)14(17-2)10-15-12/h9-10H,3-8,11H2,1-2H3,(H,15,16). The van der Waals surface area contributed by atoms with Crippen molar-refractivity contribution in [3.8, 4) is 5.75 Å². The lowest BCUT2D eigenvalue weighted by Crippen LogP contribution is -2.08. The zero-order valence-electron chi connectivity index (χ0n) is 11.3. The Hall–Kier alpha value is -1.29. The van der Waals surface area contributed by atoms with Crippen LogP contribution in [-0.4, -0.2) is 18.7 Å². The number of aromatic amines is 1. The molecule has 0 fully saturated rings. The average molecular weight is 253 g/mol. The number of hydrogen-bond donors (Lipinski definition) is 1. The molecule has 1 aromatic rings. The molecular formula is C14H23NO3. The summed E-state index contributed by atoms with van der Waals surface area (Å²) in [5.74, 6) is 0.332. The van der Waals surface area contributed by atoms with Crippen molar-refractivity contribution in [2.75, 3.05) is 13.7 Å². The van der Waals surface area contributed by atoms with Gasteiger partial charge in [0.05, 0.1) is 13.7 Å². The molecule has 0 spiro atoms. The number of unbranched alkanes of at least 4 members (excludes halogenated alkanes) is 4. The molecule has 0 aliphatic rings. The first-order valence-electron chi connectivity index (χ1n) is 6.61. The molecule has 0 bridgehead atoms. The fourth-order valence-electron chi connectivity index (χ4n) is 1.73. The number of nitrogens with one attached hydrogen (secondary N) is 1. The first-order valence-corrected chi connectivity index (χ1v) is 6.61. The van der Waals surface area contributed by atoms with E-state index in [1.165, 1.54) is 38.9 Å². The molecule has 1 heterocycles. The van der Waals surface area contributed by atoms with E-state index in [2.05, 4.69) is 11.9 Å². The molecule has 102 valence electrons. The lowest BCUT2D eigenvalue weighted by Gasteiger charge is -2.05. The van der Waals surface area contributed by atoms with E-state index in [1.54, 1.807) is 6.20 Å². The maximum Gasteiger partial charge on any atom is 0.223 e. The van der Waals surface area contributed by atoms with Gasteiger partial charge in [0.25, 0.3) is 0 Å². The van der Waals surface area contributed by atoms with Crippen molar-refractivity contribution < 1.29 is 9.47 Å². The molecule has 4 heteroatoms. The summed E-state index contributed by atoms with van der Waals surface area (Å²) in [5, 5.41) is 0. The molecule has 18 heavy (non-hydrogen) atoms. The Balaban J connectivity index is 2.19. The summed E-state index contributed by atoms with van der Waals surface area (Å²) in [6, 6.07) is 1.52. The summed E-state index contributed by atoms with van der Waals surface area (Å²) in [6.07, 6.45) is 7.70. The first-order chi connectivity index (χ1) is 8.77. The lowest BCUT2D eigenvalue weighted by molar-refractivity contribution is 0.114. The second kappa shape index (κ2) is 8.75. The fraction of sp³-hybridized carbons (Fsp3) is 0.643. The highest BCUT2D eigenvalue weighted by atomic mass is 16.5. The van der Waals surface area contributed by atoms with Gasteiger partial charge in [-0.05, 0) is 6.42 Å². The molecule has 0 atom stereocenters. The molecule has 4 nitrogen and oxygen atoms in total. The quantitative estimate of drug-likeness (QED) is 0.688. The number of pyridine rings is 1. The van der Waals surface area contributed by atoms with Crippen LogP contribution in [0.4, 0.5) is 0 Å². The average Bonchev–Trinajstić information content (AvgIpc) is 2.38. The van der Waals surface area contributed by atoms with Crippen LogP contribution in [0.25, 0.3) is 0 Å². The van der Waals surface area contributed by atoms with Crippen molar-refractivity contribution in [3.05, 3.63) is 28.2 Å². The van der Waals surface area contributed by atoms with Crippen LogP contribution in [0, 0.1) is 0 Å². The fourth-order valence-corrected chi connectivity index (χ4v) is 1.73. The molecule has 1 rings (SSSR count). The highest BCUT2D eigenvalue weighted by Crippen LogP contribution is 2.05. The van der Waals surface area contributed by atoms with Gasteiger partial charge in [-0.3, -0.25) is 4.79 Å². The Labute approximate surface area is 108 Å². The van der Waals surface area contributed by atoms with E-state index in [9.17, 15) is 4.79 Å². The second-order valence-electron chi connectivity index (χ2n) is 4.36. The second-order valence-corrected chi connectivity index (χ2v) is 4.36. The minimum atomic E-state index is -0.113. The van der Waals surface area contributed by atoms with Crippen LogP contribution < -0.4 is 10.2 Å². The van der Waals surface area contributed by atoms with Gasteiger partial charge in [-0.1, -0.05) is 32.6 Å². The smallest absolute Gasteiger partial charge is 0.223 e. The van der Waals surface area contributed by atoms with Crippen molar-refractivity contribution in [3.63, 3.8) is 0 Å². The molecule has 1 N–H and O–H groups in total. The maximum atomic E-state index is 11.5. The number of H-pyrrole nitrogens is 1. The minimum absolute atomic E-state index is 0.113. The van der Waals surface area contributed by atoms with Crippen LogP contribution in [0.2, 0.25) is 0 Å². The van der Waals surface area contributed by atoms with Crippen LogP contribution in [0.1, 0.15) is 44.7 Å². The van der Waals surface area contributed by atoms with Crippen LogP contribution in [-0.2, 0) is 11.3 Å². The van der Waals surface area contributed by atoms with Crippen LogP contribution in [0.3, 0.4) is 0 Å². The van der Waals surface area contributed by atoms with E-state index in [0.717, 1.165) is 18.7 Å². The van der Waals surface area contributed by atoms with Gasteiger partial charge in [-0.2, -0.15) is 0 Å². The van der Waals surface area contributed by atoms with E-state index in [0.29, 0.717) is 12.4 Å². The molecule has 0 saturated carbocycles. The van der Waals surface area contributed by atoms with Crippen molar-refractivity contribution in [2.45, 2.75) is 45.6 Å². The topological polar surface area (TPSA) is 51.3 Å². The molecule has 0 radical (unpaired) electrons. The lowest BCUT2D eigenvalue weighted by atomic mass is 10.2. The van der Waals surface area contributed by atoms with E-state index >= 15 is 0 Å². The predicted molar refractivity (Wildman–Crippen MR) is 72.0 cm³/mol. The summed E-state index contributed by atoms with van der Waals surface area (Å²) in [6.45, 7) is 3.40. The minimum Gasteiger partial charge on any atom is -0.491 e. The molecule has 0 unspecified atom stereocenters. The van der Waals surface area contributed by atoms with Gasteiger partial charge in [-0.15, -0.1) is 0 Å². The number of aromatic nitrogens is 1. The highest BCUT2D eigenvalue weighted by molar-refractivity contribution is 5.19. The largest absolute Gasteiger partial charge is 0.491 e. The molecule has 0 aliphatic heterocycles. The van der Waals surface area contributed by atoms with Gasteiger partial charge < -0.3 is 14.5 Å². The Bertz CT molecular complexity index is 387. The zero-order valence-corrected chi connectivity index (χ0v) is 11.3. The third-order valence-corrected chi connectivity index (χ3v) is 2.81. The number of rotatable bonds is 9. The van der Waals surface area contributed by atoms with E-state index in [-0.39, 0.29) is 5.43 Å². The van der Waals surface area contributed by atoms with E-state index in [4.69, 9.17) is 9.47 Å². The Morgan fingerprint density at radius 1 is 1.22 bits per heavy atom. The summed E-state index contributed by atoms with van der Waals surface area (Å²) in [7, 11) is 1.48. The van der Waals surface area contributed by atoms with E-state index < -0.39 is 0 Å². The summed E-state index contributed by atoms with van der Waals surface area (Å²) in [5.41, 5.74) is 0.673.